The maximum atomic E-state index is 13.2. The number of halogens is 1. The van der Waals surface area contributed by atoms with Crippen LogP contribution in [-0.2, 0) is 0 Å². The van der Waals surface area contributed by atoms with Gasteiger partial charge in [0.15, 0.2) is 11.5 Å². The predicted molar refractivity (Wildman–Crippen MR) is 132 cm³/mol. The number of carbonyl (C=O) groups excluding carboxylic acids is 1. The van der Waals surface area contributed by atoms with E-state index in [0.717, 1.165) is 22.4 Å². The van der Waals surface area contributed by atoms with E-state index >= 15 is 0 Å². The Morgan fingerprint density at radius 3 is 2.50 bits per heavy atom. The third-order valence-electron chi connectivity index (χ3n) is 5.56. The maximum Gasteiger partial charge on any atom is 0.340 e. The third-order valence-corrected chi connectivity index (χ3v) is 5.81. The van der Waals surface area contributed by atoms with E-state index in [2.05, 4.69) is 10.7 Å². The maximum absolute atomic E-state index is 13.2. The van der Waals surface area contributed by atoms with Crippen LogP contribution in [0.1, 0.15) is 25.0 Å². The van der Waals surface area contributed by atoms with Crippen LogP contribution in [0.2, 0.25) is 5.02 Å². The molecule has 2 amide bonds. The highest BCUT2D eigenvalue weighted by atomic mass is 35.5. The van der Waals surface area contributed by atoms with Crippen LogP contribution >= 0.6 is 11.6 Å². The van der Waals surface area contributed by atoms with Crippen molar-refractivity contribution in [2.24, 2.45) is 0 Å². The van der Waals surface area contributed by atoms with E-state index in [1.54, 1.807) is 19.2 Å². The molecule has 3 aromatic rings. The first-order valence-corrected chi connectivity index (χ1v) is 11.2. The normalized spacial score (nSPS) is 15.8. The summed E-state index contributed by atoms with van der Waals surface area (Å²) in [5.74, 6) is 0.705. The highest BCUT2D eigenvalue weighted by Crippen LogP contribution is 2.47. The van der Waals surface area contributed by atoms with Crippen LogP contribution in [0.4, 0.5) is 10.5 Å². The molecule has 34 heavy (non-hydrogen) atoms. The molecule has 0 spiro atoms. The fourth-order valence-electron chi connectivity index (χ4n) is 4.03. The number of amides is 2. The van der Waals surface area contributed by atoms with Gasteiger partial charge in [-0.1, -0.05) is 54.1 Å². The van der Waals surface area contributed by atoms with Crippen molar-refractivity contribution in [2.45, 2.75) is 19.6 Å². The van der Waals surface area contributed by atoms with Crippen molar-refractivity contribution in [1.29, 1.82) is 0 Å². The summed E-state index contributed by atoms with van der Waals surface area (Å²) in [6.07, 6.45) is 0. The number of fused-ring (bicyclic) bond motifs is 1. The largest absolute Gasteiger partial charge is 0.493 e. The third kappa shape index (κ3) is 4.22. The molecule has 0 radical (unpaired) electrons. The Hall–Kier alpha value is -3.84. The molecule has 0 aromatic heterocycles. The van der Waals surface area contributed by atoms with E-state index in [9.17, 15) is 4.79 Å². The van der Waals surface area contributed by atoms with E-state index in [4.69, 9.17) is 25.8 Å². The van der Waals surface area contributed by atoms with Crippen molar-refractivity contribution < 1.29 is 19.0 Å². The monoisotopic (exact) mass is 477 g/mol. The lowest BCUT2D eigenvalue weighted by atomic mass is 10.0. The van der Waals surface area contributed by atoms with Gasteiger partial charge in [0.2, 0.25) is 11.5 Å². The molecule has 0 bridgehead atoms. The second kappa shape index (κ2) is 8.50. The average molecular weight is 478 g/mol. The molecular weight excluding hydrogens is 454 g/mol. The molecule has 174 valence electrons. The minimum atomic E-state index is -0.809. The zero-order valence-corrected chi connectivity index (χ0v) is 19.8. The van der Waals surface area contributed by atoms with E-state index in [-0.39, 0.29) is 6.03 Å². The SMILES string of the molecule is COc1cc(NC(=O)N2CC(c3ccccc3)=C(c3ccc(Cl)cc3)N2)cc2c1OC(C)(C)O2. The van der Waals surface area contributed by atoms with Crippen molar-refractivity contribution >= 4 is 34.6 Å². The van der Waals surface area contributed by atoms with E-state index in [1.807, 2.05) is 68.4 Å². The van der Waals surface area contributed by atoms with Gasteiger partial charge in [-0.3, -0.25) is 5.43 Å². The first kappa shape index (κ1) is 22.0. The summed E-state index contributed by atoms with van der Waals surface area (Å²) in [6.45, 7) is 4.00. The number of carbonyl (C=O) groups is 1. The van der Waals surface area contributed by atoms with Crippen LogP contribution in [0.25, 0.3) is 11.3 Å². The molecule has 2 N–H and O–H groups in total. The molecule has 5 rings (SSSR count). The van der Waals surface area contributed by atoms with E-state index < -0.39 is 5.79 Å². The summed E-state index contributed by atoms with van der Waals surface area (Å²) in [4.78, 5) is 13.2. The van der Waals surface area contributed by atoms with Gasteiger partial charge in [0.05, 0.1) is 25.0 Å². The molecule has 0 atom stereocenters. The average Bonchev–Trinajstić information content (AvgIpc) is 3.40. The standard InChI is InChI=1S/C26H24ClN3O4/c1-26(2)33-22-14-19(13-21(32-3)24(22)34-26)28-25(31)30-15-20(16-7-5-4-6-8-16)23(29-30)17-9-11-18(27)12-10-17/h4-14,29H,15H2,1-3H3,(H,28,31). The summed E-state index contributed by atoms with van der Waals surface area (Å²) in [5, 5.41) is 5.12. The Morgan fingerprint density at radius 1 is 1.06 bits per heavy atom. The van der Waals surface area contributed by atoms with Gasteiger partial charge >= 0.3 is 6.03 Å². The lowest BCUT2D eigenvalue weighted by Crippen LogP contribution is -2.40. The molecule has 0 fully saturated rings. The van der Waals surface area contributed by atoms with Crippen molar-refractivity contribution in [3.8, 4) is 17.2 Å². The van der Waals surface area contributed by atoms with Crippen molar-refractivity contribution in [1.82, 2.24) is 10.4 Å². The molecule has 0 saturated heterocycles. The lowest BCUT2D eigenvalue weighted by molar-refractivity contribution is -0.0439. The van der Waals surface area contributed by atoms with Crippen LogP contribution < -0.4 is 25.0 Å². The summed E-state index contributed by atoms with van der Waals surface area (Å²) >= 11 is 6.08. The molecule has 8 heteroatoms. The summed E-state index contributed by atoms with van der Waals surface area (Å²) in [6, 6.07) is 20.6. The topological polar surface area (TPSA) is 72.1 Å². The number of nitrogens with one attached hydrogen (secondary N) is 2. The number of methoxy groups -OCH3 is 1. The van der Waals surface area contributed by atoms with Crippen LogP contribution in [0.3, 0.4) is 0 Å². The van der Waals surface area contributed by atoms with E-state index in [1.165, 1.54) is 5.01 Å². The molecule has 0 saturated carbocycles. The Labute approximate surface area is 202 Å². The first-order chi connectivity index (χ1) is 16.3. The number of hydrogen-bond acceptors (Lipinski definition) is 5. The van der Waals surface area contributed by atoms with Gasteiger partial charge in [-0.25, -0.2) is 9.80 Å². The molecule has 2 heterocycles. The quantitative estimate of drug-likeness (QED) is 0.498. The Morgan fingerprint density at radius 2 is 1.79 bits per heavy atom. The highest BCUT2D eigenvalue weighted by molar-refractivity contribution is 6.30. The van der Waals surface area contributed by atoms with Crippen LogP contribution in [-0.4, -0.2) is 30.5 Å². The Kier molecular flexibility index (Phi) is 5.49. The number of hydrogen-bond donors (Lipinski definition) is 2. The Bertz CT molecular complexity index is 1270. The number of ether oxygens (including phenoxy) is 3. The minimum Gasteiger partial charge on any atom is -0.493 e. The van der Waals surface area contributed by atoms with Gasteiger partial charge in [-0.15, -0.1) is 0 Å². The summed E-state index contributed by atoms with van der Waals surface area (Å²) in [5.41, 5.74) is 7.61. The molecule has 0 unspecified atom stereocenters. The molecule has 7 nitrogen and oxygen atoms in total. The molecular formula is C26H24ClN3O4. The van der Waals surface area contributed by atoms with Gasteiger partial charge in [0, 0.05) is 36.6 Å². The summed E-state index contributed by atoms with van der Waals surface area (Å²) < 4.78 is 17.1. The minimum absolute atomic E-state index is 0.322. The van der Waals surface area contributed by atoms with E-state index in [0.29, 0.717) is 34.5 Å². The van der Waals surface area contributed by atoms with Gasteiger partial charge in [-0.05, 0) is 23.3 Å². The lowest BCUT2D eigenvalue weighted by Gasteiger charge is -2.19. The zero-order valence-electron chi connectivity index (χ0n) is 19.0. The highest BCUT2D eigenvalue weighted by Gasteiger charge is 2.35. The van der Waals surface area contributed by atoms with Crippen molar-refractivity contribution in [3.63, 3.8) is 0 Å². The van der Waals surface area contributed by atoms with Crippen LogP contribution in [0.15, 0.2) is 66.7 Å². The fraction of sp³-hybridized carbons (Fsp3) is 0.192. The van der Waals surface area contributed by atoms with Crippen LogP contribution in [0.5, 0.6) is 17.2 Å². The number of anilines is 1. The number of benzene rings is 3. The second-order valence-electron chi connectivity index (χ2n) is 8.46. The number of hydrazine groups is 1. The van der Waals surface area contributed by atoms with Crippen molar-refractivity contribution in [2.75, 3.05) is 19.0 Å². The van der Waals surface area contributed by atoms with Gasteiger partial charge in [-0.2, -0.15) is 0 Å². The fourth-order valence-corrected chi connectivity index (χ4v) is 4.16. The summed E-state index contributed by atoms with van der Waals surface area (Å²) in [7, 11) is 1.55. The Balaban J connectivity index is 1.40. The van der Waals surface area contributed by atoms with Gasteiger partial charge in [0.1, 0.15) is 0 Å². The molecule has 0 aliphatic carbocycles. The predicted octanol–water partition coefficient (Wildman–Crippen LogP) is 5.78. The number of urea groups is 1. The molecule has 2 aliphatic heterocycles. The molecule has 2 aliphatic rings. The molecule has 3 aromatic carbocycles. The zero-order chi connectivity index (χ0) is 23.9. The second-order valence-corrected chi connectivity index (χ2v) is 8.90. The number of rotatable bonds is 4. The van der Waals surface area contributed by atoms with Gasteiger partial charge < -0.3 is 19.5 Å². The number of nitrogens with zero attached hydrogens (tertiary/aromatic N) is 1. The smallest absolute Gasteiger partial charge is 0.340 e. The first-order valence-electron chi connectivity index (χ1n) is 10.8. The van der Waals surface area contributed by atoms with Crippen molar-refractivity contribution in [3.05, 3.63) is 82.9 Å². The van der Waals surface area contributed by atoms with Gasteiger partial charge in [0.25, 0.3) is 0 Å². The van der Waals surface area contributed by atoms with Crippen LogP contribution in [0, 0.1) is 0 Å².